The van der Waals surface area contributed by atoms with Gasteiger partial charge in [0.25, 0.3) is 0 Å². The minimum absolute atomic E-state index is 0.852. The highest BCUT2D eigenvalue weighted by Gasteiger charge is 1.98. The molecule has 0 atom stereocenters. The Balaban J connectivity index is -0.0000000695. The number of nitrogens with zero attached hydrogens (tertiary/aromatic N) is 1. The van der Waals surface area contributed by atoms with E-state index in [-0.39, 0.29) is 0 Å². The highest BCUT2D eigenvalue weighted by Crippen LogP contribution is 2.14. The van der Waals surface area contributed by atoms with Crippen LogP contribution in [0, 0.1) is 5.92 Å². The van der Waals surface area contributed by atoms with Gasteiger partial charge >= 0.3 is 0 Å². The zero-order valence-corrected chi connectivity index (χ0v) is 24.3. The summed E-state index contributed by atoms with van der Waals surface area (Å²) < 4.78 is 0. The number of hydrogen-bond acceptors (Lipinski definition) is 1. The summed E-state index contributed by atoms with van der Waals surface area (Å²) in [4.78, 5) is 4.05. The van der Waals surface area contributed by atoms with Crippen molar-refractivity contribution in [3.63, 3.8) is 0 Å². The van der Waals surface area contributed by atoms with Gasteiger partial charge in [-0.3, -0.25) is 4.99 Å². The van der Waals surface area contributed by atoms with Gasteiger partial charge in [-0.05, 0) is 32.3 Å². The van der Waals surface area contributed by atoms with Crippen molar-refractivity contribution in [3.8, 4) is 0 Å². The lowest BCUT2D eigenvalue weighted by Crippen LogP contribution is -1.93. The van der Waals surface area contributed by atoms with E-state index in [1.807, 2.05) is 60.8 Å². The molecule has 0 fully saturated rings. The van der Waals surface area contributed by atoms with Crippen molar-refractivity contribution >= 4 is 6.21 Å². The second-order valence-electron chi connectivity index (χ2n) is 6.87. The van der Waals surface area contributed by atoms with Crippen LogP contribution < -0.4 is 0 Å². The molecule has 0 aliphatic heterocycles. The molecule has 0 rings (SSSR count). The second kappa shape index (κ2) is 51.1. The SMILES string of the molecule is C=C(C)N=C/C=C(\C)CCC.CC.CC.CC.CCC.CCCCC(C)CCCC. The lowest BCUT2D eigenvalue weighted by Gasteiger charge is -2.08. The average molecular weight is 428 g/mol. The molecule has 0 heterocycles. The van der Waals surface area contributed by atoms with Crippen LogP contribution in [-0.2, 0) is 0 Å². The van der Waals surface area contributed by atoms with E-state index in [9.17, 15) is 0 Å². The lowest BCUT2D eigenvalue weighted by molar-refractivity contribution is 0.454. The standard InChI is InChI=1S/C10H17N.C10H22.C3H8.3C2H6/c1-5-6-10(4)7-8-11-9(2)3;1-4-6-8-10(3)9-7-5-2;1-3-2;3*1-2/h7-8H,2,5-6H2,1,3-4H3;10H,4-9H2,1-3H3;3H2,1-2H3;3*1-2H3/b10-7+,11-8?;;;;;. The third-order valence-electron chi connectivity index (χ3n) is 3.40. The molecule has 0 aliphatic carbocycles. The normalized spacial score (nSPS) is 9.37. The molecule has 0 saturated carbocycles. The summed E-state index contributed by atoms with van der Waals surface area (Å²) in [5, 5.41) is 0. The Bertz CT molecular complexity index is 291. The molecule has 0 amide bonds. The molecule has 1 heteroatoms. The summed E-state index contributed by atoms with van der Waals surface area (Å²) in [6, 6.07) is 0. The predicted octanol–water partition coefficient (Wildman–Crippen LogP) is 11.8. The maximum atomic E-state index is 4.05. The monoisotopic (exact) mass is 428 g/mol. The van der Waals surface area contributed by atoms with Crippen LogP contribution in [-0.4, -0.2) is 6.21 Å². The molecule has 0 unspecified atom stereocenters. The summed E-state index contributed by atoms with van der Waals surface area (Å²) >= 11 is 0. The number of unbranched alkanes of at least 4 members (excludes halogenated alkanes) is 2. The van der Waals surface area contributed by atoms with Crippen LogP contribution in [0.25, 0.3) is 0 Å². The van der Waals surface area contributed by atoms with Crippen LogP contribution >= 0.6 is 0 Å². The van der Waals surface area contributed by atoms with Crippen molar-refractivity contribution in [2.24, 2.45) is 10.9 Å². The first kappa shape index (κ1) is 43.1. The van der Waals surface area contributed by atoms with Gasteiger partial charge in [0.2, 0.25) is 0 Å². The van der Waals surface area contributed by atoms with Crippen molar-refractivity contribution in [1.29, 1.82) is 0 Å². The van der Waals surface area contributed by atoms with Crippen molar-refractivity contribution in [2.75, 3.05) is 0 Å². The first-order valence-electron chi connectivity index (χ1n) is 13.2. The molecule has 30 heavy (non-hydrogen) atoms. The Morgan fingerprint density at radius 1 is 0.767 bits per heavy atom. The van der Waals surface area contributed by atoms with E-state index in [0.29, 0.717) is 0 Å². The number of aliphatic imine (C=N–C) groups is 1. The first-order valence-corrected chi connectivity index (χ1v) is 13.2. The number of rotatable bonds is 10. The Kier molecular flexibility index (Phi) is 73.4. The van der Waals surface area contributed by atoms with Gasteiger partial charge in [-0.2, -0.15) is 0 Å². The Morgan fingerprint density at radius 2 is 1.13 bits per heavy atom. The summed E-state index contributed by atoms with van der Waals surface area (Å²) in [6.45, 7) is 33.0. The third kappa shape index (κ3) is 71.2. The van der Waals surface area contributed by atoms with Gasteiger partial charge < -0.3 is 0 Å². The Morgan fingerprint density at radius 3 is 1.40 bits per heavy atom. The molecular weight excluding hydrogens is 362 g/mol. The van der Waals surface area contributed by atoms with Crippen LogP contribution in [0.3, 0.4) is 0 Å². The van der Waals surface area contributed by atoms with Crippen LogP contribution in [0.1, 0.15) is 155 Å². The minimum atomic E-state index is 0.852. The van der Waals surface area contributed by atoms with Gasteiger partial charge in [-0.25, -0.2) is 0 Å². The smallest absolute Gasteiger partial charge is 0.0300 e. The van der Waals surface area contributed by atoms with Crippen molar-refractivity contribution in [1.82, 2.24) is 0 Å². The van der Waals surface area contributed by atoms with Gasteiger partial charge in [0.15, 0.2) is 0 Å². The fraction of sp³-hybridized carbons (Fsp3) is 0.828. The van der Waals surface area contributed by atoms with Crippen LogP contribution in [0.5, 0.6) is 0 Å². The van der Waals surface area contributed by atoms with Gasteiger partial charge in [0.05, 0.1) is 0 Å². The van der Waals surface area contributed by atoms with E-state index in [0.717, 1.165) is 18.0 Å². The molecule has 0 aromatic carbocycles. The quantitative estimate of drug-likeness (QED) is 0.307. The summed E-state index contributed by atoms with van der Waals surface area (Å²) in [5.41, 5.74) is 2.23. The molecule has 1 nitrogen and oxygen atoms in total. The molecule has 186 valence electrons. The molecule has 0 N–H and O–H groups in total. The summed E-state index contributed by atoms with van der Waals surface area (Å²) in [6.07, 6.45) is 15.9. The number of allylic oxidation sites excluding steroid dienone is 3. The van der Waals surface area contributed by atoms with E-state index in [1.54, 1.807) is 0 Å². The van der Waals surface area contributed by atoms with Crippen molar-refractivity contribution < 1.29 is 0 Å². The largest absolute Gasteiger partial charge is 0.262 e. The molecule has 0 bridgehead atoms. The second-order valence-corrected chi connectivity index (χ2v) is 6.87. The molecule has 0 aromatic heterocycles. The van der Waals surface area contributed by atoms with Gasteiger partial charge in [0, 0.05) is 11.9 Å². The maximum Gasteiger partial charge on any atom is 0.0300 e. The average Bonchev–Trinajstić information content (AvgIpc) is 2.76. The number of hydrogen-bond donors (Lipinski definition) is 0. The molecule has 0 spiro atoms. The first-order chi connectivity index (χ1) is 14.4. The maximum absolute atomic E-state index is 4.05. The van der Waals surface area contributed by atoms with Gasteiger partial charge in [-0.15, -0.1) is 0 Å². The van der Waals surface area contributed by atoms with Crippen LogP contribution in [0.15, 0.2) is 28.9 Å². The molecule has 0 aliphatic rings. The van der Waals surface area contributed by atoms with Gasteiger partial charge in [0.1, 0.15) is 0 Å². The fourth-order valence-corrected chi connectivity index (χ4v) is 2.02. The van der Waals surface area contributed by atoms with E-state index in [4.69, 9.17) is 0 Å². The van der Waals surface area contributed by atoms with Crippen LogP contribution in [0.4, 0.5) is 0 Å². The topological polar surface area (TPSA) is 12.4 Å². The van der Waals surface area contributed by atoms with E-state index >= 15 is 0 Å². The molecule has 0 radical (unpaired) electrons. The van der Waals surface area contributed by atoms with Gasteiger partial charge in [-0.1, -0.05) is 147 Å². The molecular formula is C29H65N. The molecule has 0 saturated heterocycles. The van der Waals surface area contributed by atoms with E-state index < -0.39 is 0 Å². The Labute approximate surface area is 196 Å². The van der Waals surface area contributed by atoms with Crippen molar-refractivity contribution in [2.45, 2.75) is 155 Å². The summed E-state index contributed by atoms with van der Waals surface area (Å²) in [5.74, 6) is 0.972. The zero-order valence-electron chi connectivity index (χ0n) is 24.3. The lowest BCUT2D eigenvalue weighted by atomic mass is 9.98. The van der Waals surface area contributed by atoms with E-state index in [2.05, 4.69) is 60.0 Å². The predicted molar refractivity (Wildman–Crippen MR) is 150 cm³/mol. The molecule has 0 aromatic rings. The highest BCUT2D eigenvalue weighted by molar-refractivity contribution is 5.72. The highest BCUT2D eigenvalue weighted by atomic mass is 14.7. The Hall–Kier alpha value is -0.850. The fourth-order valence-electron chi connectivity index (χ4n) is 2.02. The van der Waals surface area contributed by atoms with Crippen LogP contribution in [0.2, 0.25) is 0 Å². The summed E-state index contributed by atoms with van der Waals surface area (Å²) in [7, 11) is 0. The van der Waals surface area contributed by atoms with Crippen molar-refractivity contribution in [3.05, 3.63) is 23.9 Å². The van der Waals surface area contributed by atoms with E-state index in [1.165, 1.54) is 56.9 Å². The minimum Gasteiger partial charge on any atom is -0.262 e. The third-order valence-corrected chi connectivity index (χ3v) is 3.40. The zero-order chi connectivity index (χ0) is 25.2.